The van der Waals surface area contributed by atoms with Crippen molar-refractivity contribution >= 4 is 0 Å². The first-order valence-electron chi connectivity index (χ1n) is 6.21. The largest absolute Gasteiger partial charge is 0.313 e. The van der Waals surface area contributed by atoms with Crippen molar-refractivity contribution in [1.29, 1.82) is 0 Å². The van der Waals surface area contributed by atoms with Gasteiger partial charge in [0.2, 0.25) is 0 Å². The van der Waals surface area contributed by atoms with Crippen LogP contribution < -0.4 is 5.32 Å². The van der Waals surface area contributed by atoms with Crippen LogP contribution in [-0.4, -0.2) is 6.54 Å². The Kier molecular flexibility index (Phi) is 3.94. The fourth-order valence-corrected chi connectivity index (χ4v) is 2.14. The Balaban J connectivity index is 1.69. The number of nitrogens with one attached hydrogen (secondary N) is 1. The highest BCUT2D eigenvalue weighted by Gasteiger charge is 2.16. The van der Waals surface area contributed by atoms with E-state index in [2.05, 4.69) is 5.32 Å². The highest BCUT2D eigenvalue weighted by atomic mass is 19.1. The molecular formula is C14H20FN. The SMILES string of the molecule is Cc1cc(CNCCC2CCC2)ccc1F. The van der Waals surface area contributed by atoms with Gasteiger partial charge in [-0.1, -0.05) is 31.4 Å². The molecule has 1 aromatic rings. The Hall–Kier alpha value is -0.890. The lowest BCUT2D eigenvalue weighted by atomic mass is 9.83. The highest BCUT2D eigenvalue weighted by molar-refractivity contribution is 5.23. The van der Waals surface area contributed by atoms with Crippen molar-refractivity contribution in [3.8, 4) is 0 Å². The maximum atomic E-state index is 13.0. The van der Waals surface area contributed by atoms with Crippen LogP contribution in [0.4, 0.5) is 4.39 Å². The predicted octanol–water partition coefficient (Wildman–Crippen LogP) is 3.41. The normalized spacial score (nSPS) is 16.1. The molecule has 0 atom stereocenters. The van der Waals surface area contributed by atoms with E-state index in [-0.39, 0.29) is 5.82 Å². The van der Waals surface area contributed by atoms with Crippen LogP contribution in [0.3, 0.4) is 0 Å². The first kappa shape index (κ1) is 11.6. The van der Waals surface area contributed by atoms with E-state index in [1.165, 1.54) is 31.2 Å². The van der Waals surface area contributed by atoms with E-state index in [0.717, 1.165) is 24.6 Å². The molecule has 0 aromatic heterocycles. The molecule has 2 heteroatoms. The molecule has 2 rings (SSSR count). The number of benzene rings is 1. The average molecular weight is 221 g/mol. The van der Waals surface area contributed by atoms with Crippen LogP contribution in [-0.2, 0) is 6.54 Å². The van der Waals surface area contributed by atoms with Crippen molar-refractivity contribution in [2.45, 2.75) is 39.2 Å². The van der Waals surface area contributed by atoms with Crippen molar-refractivity contribution in [2.75, 3.05) is 6.54 Å². The van der Waals surface area contributed by atoms with E-state index >= 15 is 0 Å². The van der Waals surface area contributed by atoms with Crippen LogP contribution in [0.15, 0.2) is 18.2 Å². The summed E-state index contributed by atoms with van der Waals surface area (Å²) in [4.78, 5) is 0. The quantitative estimate of drug-likeness (QED) is 0.751. The van der Waals surface area contributed by atoms with E-state index in [9.17, 15) is 4.39 Å². The Morgan fingerprint density at radius 2 is 2.19 bits per heavy atom. The number of aryl methyl sites for hydroxylation is 1. The third-order valence-electron chi connectivity index (χ3n) is 3.51. The lowest BCUT2D eigenvalue weighted by molar-refractivity contribution is 0.292. The molecule has 0 unspecified atom stereocenters. The zero-order valence-corrected chi connectivity index (χ0v) is 9.93. The van der Waals surface area contributed by atoms with Crippen molar-refractivity contribution in [3.05, 3.63) is 35.1 Å². The molecule has 1 aliphatic carbocycles. The number of rotatable bonds is 5. The second-order valence-electron chi connectivity index (χ2n) is 4.85. The molecule has 0 aliphatic heterocycles. The molecule has 1 N–H and O–H groups in total. The van der Waals surface area contributed by atoms with Crippen LogP contribution in [0.5, 0.6) is 0 Å². The first-order valence-corrected chi connectivity index (χ1v) is 6.21. The summed E-state index contributed by atoms with van der Waals surface area (Å²) in [7, 11) is 0. The van der Waals surface area contributed by atoms with E-state index in [1.54, 1.807) is 6.07 Å². The lowest BCUT2D eigenvalue weighted by Crippen LogP contribution is -2.21. The maximum absolute atomic E-state index is 13.0. The minimum Gasteiger partial charge on any atom is -0.313 e. The van der Waals surface area contributed by atoms with Gasteiger partial charge < -0.3 is 5.32 Å². The van der Waals surface area contributed by atoms with Crippen LogP contribution in [0, 0.1) is 18.7 Å². The van der Waals surface area contributed by atoms with Gasteiger partial charge in [-0.25, -0.2) is 4.39 Å². The van der Waals surface area contributed by atoms with Gasteiger partial charge in [0.1, 0.15) is 5.82 Å². The van der Waals surface area contributed by atoms with E-state index in [4.69, 9.17) is 0 Å². The van der Waals surface area contributed by atoms with Crippen LogP contribution in [0.2, 0.25) is 0 Å². The smallest absolute Gasteiger partial charge is 0.126 e. The molecule has 1 aliphatic rings. The molecule has 88 valence electrons. The van der Waals surface area contributed by atoms with Gasteiger partial charge in [-0.05, 0) is 43.0 Å². The van der Waals surface area contributed by atoms with E-state index in [0.29, 0.717) is 0 Å². The standard InChI is InChI=1S/C14H20FN/c1-11-9-13(5-6-14(11)15)10-16-8-7-12-3-2-4-12/h5-6,9,12,16H,2-4,7-8,10H2,1H3. The maximum Gasteiger partial charge on any atom is 0.126 e. The van der Waals surface area contributed by atoms with Crippen LogP contribution in [0.25, 0.3) is 0 Å². The molecule has 0 spiro atoms. The van der Waals surface area contributed by atoms with Crippen molar-refractivity contribution in [2.24, 2.45) is 5.92 Å². The van der Waals surface area contributed by atoms with E-state index in [1.807, 2.05) is 19.1 Å². The summed E-state index contributed by atoms with van der Waals surface area (Å²) in [6, 6.07) is 5.34. The zero-order valence-electron chi connectivity index (χ0n) is 9.93. The van der Waals surface area contributed by atoms with Gasteiger partial charge in [0, 0.05) is 6.54 Å². The Labute approximate surface area is 97.1 Å². The van der Waals surface area contributed by atoms with Crippen LogP contribution >= 0.6 is 0 Å². The van der Waals surface area contributed by atoms with Gasteiger partial charge >= 0.3 is 0 Å². The summed E-state index contributed by atoms with van der Waals surface area (Å²) in [5.41, 5.74) is 1.91. The van der Waals surface area contributed by atoms with Crippen molar-refractivity contribution < 1.29 is 4.39 Å². The Morgan fingerprint density at radius 3 is 2.81 bits per heavy atom. The van der Waals surface area contributed by atoms with Gasteiger partial charge in [0.05, 0.1) is 0 Å². The second-order valence-corrected chi connectivity index (χ2v) is 4.85. The second kappa shape index (κ2) is 5.44. The summed E-state index contributed by atoms with van der Waals surface area (Å²) >= 11 is 0. The minimum absolute atomic E-state index is 0.113. The summed E-state index contributed by atoms with van der Waals surface area (Å²) in [6.45, 7) is 3.75. The highest BCUT2D eigenvalue weighted by Crippen LogP contribution is 2.28. The fraction of sp³-hybridized carbons (Fsp3) is 0.571. The minimum atomic E-state index is -0.113. The molecular weight excluding hydrogens is 201 g/mol. The average Bonchev–Trinajstić information content (AvgIpc) is 2.20. The van der Waals surface area contributed by atoms with Gasteiger partial charge in [-0.3, -0.25) is 0 Å². The third-order valence-corrected chi connectivity index (χ3v) is 3.51. The Morgan fingerprint density at radius 1 is 1.38 bits per heavy atom. The monoisotopic (exact) mass is 221 g/mol. The van der Waals surface area contributed by atoms with Crippen LogP contribution in [0.1, 0.15) is 36.8 Å². The number of hydrogen-bond donors (Lipinski definition) is 1. The molecule has 0 saturated heterocycles. The number of halogens is 1. The molecule has 0 radical (unpaired) electrons. The van der Waals surface area contributed by atoms with Gasteiger partial charge in [0.25, 0.3) is 0 Å². The summed E-state index contributed by atoms with van der Waals surface area (Å²) in [6.07, 6.45) is 5.54. The predicted molar refractivity (Wildman–Crippen MR) is 64.8 cm³/mol. The topological polar surface area (TPSA) is 12.0 Å². The molecule has 0 amide bonds. The van der Waals surface area contributed by atoms with E-state index < -0.39 is 0 Å². The Bertz CT molecular complexity index is 345. The van der Waals surface area contributed by atoms with Crippen molar-refractivity contribution in [1.82, 2.24) is 5.32 Å². The fourth-order valence-electron chi connectivity index (χ4n) is 2.14. The zero-order chi connectivity index (χ0) is 11.4. The third kappa shape index (κ3) is 3.05. The summed E-state index contributed by atoms with van der Waals surface area (Å²) in [5.74, 6) is 0.848. The molecule has 1 nitrogen and oxygen atoms in total. The number of hydrogen-bond acceptors (Lipinski definition) is 1. The summed E-state index contributed by atoms with van der Waals surface area (Å²) < 4.78 is 13.0. The van der Waals surface area contributed by atoms with Gasteiger partial charge in [-0.2, -0.15) is 0 Å². The lowest BCUT2D eigenvalue weighted by Gasteiger charge is -2.25. The summed E-state index contributed by atoms with van der Waals surface area (Å²) in [5, 5.41) is 3.43. The van der Waals surface area contributed by atoms with Crippen molar-refractivity contribution in [3.63, 3.8) is 0 Å². The van der Waals surface area contributed by atoms with Gasteiger partial charge in [-0.15, -0.1) is 0 Å². The van der Waals surface area contributed by atoms with Gasteiger partial charge in [0.15, 0.2) is 0 Å². The molecule has 1 fully saturated rings. The molecule has 16 heavy (non-hydrogen) atoms. The molecule has 1 aromatic carbocycles. The molecule has 0 heterocycles. The molecule has 1 saturated carbocycles. The molecule has 0 bridgehead atoms. The first-order chi connectivity index (χ1) is 7.75.